The van der Waals surface area contributed by atoms with Crippen molar-refractivity contribution >= 4 is 29.0 Å². The lowest BCUT2D eigenvalue weighted by molar-refractivity contribution is 1.76. The zero-order chi connectivity index (χ0) is 5.54. The van der Waals surface area contributed by atoms with E-state index in [2.05, 4.69) is 15.0 Å². The Morgan fingerprint density at radius 1 is 1.86 bits per heavy atom. The lowest BCUT2D eigenvalue weighted by Crippen LogP contribution is -1.49. The van der Waals surface area contributed by atoms with Crippen LogP contribution in [0.5, 0.6) is 0 Å². The summed E-state index contributed by atoms with van der Waals surface area (Å²) >= 11 is 0.0624. The Morgan fingerprint density at radius 2 is 2.57 bits per heavy atom. The van der Waals surface area contributed by atoms with E-state index < -0.39 is 0 Å². The standard InChI is InChI=1S/C5H6IN/c1-3-6-5-7-4-2/h2-3,5H,1H3. The topological polar surface area (TPSA) is 12.4 Å². The summed E-state index contributed by atoms with van der Waals surface area (Å²) in [4.78, 5) is 3.58. The first-order chi connectivity index (χ1) is 3.41. The lowest BCUT2D eigenvalue weighted by Gasteiger charge is -1.62. The highest BCUT2D eigenvalue weighted by Crippen LogP contribution is 1.83. The van der Waals surface area contributed by atoms with Crippen LogP contribution in [0.1, 0.15) is 6.92 Å². The Bertz CT molecular complexity index is 119. The number of halogens is 1. The molecule has 0 amide bonds. The van der Waals surface area contributed by atoms with Gasteiger partial charge in [-0.3, -0.25) is 0 Å². The molecule has 38 valence electrons. The number of aliphatic imine (C=N–C) groups is 1. The molecular weight excluding hydrogens is 201 g/mol. The third-order valence-corrected chi connectivity index (χ3v) is 1.62. The van der Waals surface area contributed by atoms with Gasteiger partial charge in [0, 0.05) is 6.04 Å². The third kappa shape index (κ3) is 5.83. The highest BCUT2D eigenvalue weighted by molar-refractivity contribution is 14.2. The summed E-state index contributed by atoms with van der Waals surface area (Å²) < 4.78 is 3.90. The Hall–Kier alpha value is -0.170. The molecule has 0 unspecified atom stereocenters. The van der Waals surface area contributed by atoms with Crippen molar-refractivity contribution in [2.24, 2.45) is 4.99 Å². The maximum atomic E-state index is 4.83. The van der Waals surface area contributed by atoms with E-state index in [4.69, 9.17) is 6.42 Å². The van der Waals surface area contributed by atoms with Gasteiger partial charge in [0.2, 0.25) is 0 Å². The molecule has 0 aromatic heterocycles. The van der Waals surface area contributed by atoms with E-state index in [1.54, 1.807) is 4.22 Å². The second-order valence-corrected chi connectivity index (χ2v) is 3.22. The summed E-state index contributed by atoms with van der Waals surface area (Å²) in [5, 5.41) is 0. The maximum Gasteiger partial charge on any atom is 0.0701 e. The molecule has 2 heteroatoms. The van der Waals surface area contributed by atoms with Gasteiger partial charge in [0.15, 0.2) is 0 Å². The highest BCUT2D eigenvalue weighted by atomic mass is 127. The van der Waals surface area contributed by atoms with Gasteiger partial charge in [-0.15, -0.1) is 0 Å². The number of hydrogen-bond donors (Lipinski definition) is 0. The number of terminal acetylenes is 1. The molecule has 0 bridgehead atoms. The van der Waals surface area contributed by atoms with E-state index in [-0.39, 0.29) is 20.7 Å². The molecule has 0 radical (unpaired) electrons. The minimum absolute atomic E-state index is 0.0624. The molecule has 0 aliphatic carbocycles. The van der Waals surface area contributed by atoms with Crippen molar-refractivity contribution in [2.45, 2.75) is 6.92 Å². The molecule has 0 aromatic rings. The summed E-state index contributed by atoms with van der Waals surface area (Å²) in [6.07, 6.45) is 4.83. The molecule has 0 aliphatic rings. The molecule has 0 aromatic carbocycles. The van der Waals surface area contributed by atoms with Crippen LogP contribution in [0.2, 0.25) is 0 Å². The fourth-order valence-electron chi connectivity index (χ4n) is 0.113. The van der Waals surface area contributed by atoms with Gasteiger partial charge in [-0.05, 0) is 6.92 Å². The molecule has 0 spiro atoms. The molecule has 1 nitrogen and oxygen atoms in total. The third-order valence-electron chi connectivity index (χ3n) is 0.306. The lowest BCUT2D eigenvalue weighted by atomic mass is 11.0. The molecule has 0 fully saturated rings. The van der Waals surface area contributed by atoms with Crippen LogP contribution < -0.4 is 0 Å². The van der Waals surface area contributed by atoms with Crippen molar-refractivity contribution in [3.8, 4) is 12.5 Å². The molecule has 0 atom stereocenters. The molecule has 0 N–H and O–H groups in total. The minimum Gasteiger partial charge on any atom is -0.200 e. The normalized spacial score (nSPS) is 11.4. The summed E-state index contributed by atoms with van der Waals surface area (Å²) in [6, 6.07) is 2.18. The summed E-state index contributed by atoms with van der Waals surface area (Å²) in [5.74, 6) is 0. The van der Waals surface area contributed by atoms with Crippen molar-refractivity contribution in [3.63, 3.8) is 0 Å². The van der Waals surface area contributed by atoms with Crippen LogP contribution >= 0.6 is 20.7 Å². The molecular formula is C5H6IN. The first-order valence-corrected chi connectivity index (χ1v) is 4.28. The van der Waals surface area contributed by atoms with E-state index in [1.807, 2.05) is 6.92 Å². The van der Waals surface area contributed by atoms with Crippen molar-refractivity contribution in [1.82, 2.24) is 0 Å². The first kappa shape index (κ1) is 6.83. The Labute approximate surface area is 53.6 Å². The SMILES string of the molecule is C#CN=CI=CC. The molecule has 0 saturated carbocycles. The second kappa shape index (κ2) is 5.83. The number of rotatable bonds is 1. The predicted molar refractivity (Wildman–Crippen MR) is 43.1 cm³/mol. The van der Waals surface area contributed by atoms with Gasteiger partial charge in [-0.25, -0.2) is 0 Å². The average molecular weight is 207 g/mol. The molecule has 0 rings (SSSR count). The van der Waals surface area contributed by atoms with Crippen molar-refractivity contribution in [1.29, 1.82) is 0 Å². The van der Waals surface area contributed by atoms with Gasteiger partial charge in [0.1, 0.15) is 0 Å². The van der Waals surface area contributed by atoms with Crippen LogP contribution in [0.3, 0.4) is 0 Å². The largest absolute Gasteiger partial charge is 0.200 e. The minimum atomic E-state index is 0.0624. The van der Waals surface area contributed by atoms with E-state index in [0.29, 0.717) is 0 Å². The Morgan fingerprint density at radius 3 is 3.00 bits per heavy atom. The predicted octanol–water partition coefficient (Wildman–Crippen LogP) is 1.40. The molecule has 0 aliphatic heterocycles. The van der Waals surface area contributed by atoms with E-state index in [9.17, 15) is 0 Å². The number of hydrogen-bond acceptors (Lipinski definition) is 1. The number of nitrogens with zero attached hydrogens (tertiary/aromatic N) is 1. The maximum absolute atomic E-state index is 4.83. The first-order valence-electron chi connectivity index (χ1n) is 1.78. The van der Waals surface area contributed by atoms with Crippen LogP contribution in [0.25, 0.3) is 0 Å². The quantitative estimate of drug-likeness (QED) is 0.350. The zero-order valence-corrected chi connectivity index (χ0v) is 6.21. The highest BCUT2D eigenvalue weighted by Gasteiger charge is 1.53. The van der Waals surface area contributed by atoms with Gasteiger partial charge >= 0.3 is 0 Å². The van der Waals surface area contributed by atoms with E-state index >= 15 is 0 Å². The summed E-state index contributed by atoms with van der Waals surface area (Å²) in [5.41, 5.74) is 0. The van der Waals surface area contributed by atoms with Gasteiger partial charge in [-0.2, -0.15) is 4.99 Å². The average Bonchev–Trinajstić information content (AvgIpc) is 1.69. The van der Waals surface area contributed by atoms with Gasteiger partial charge < -0.3 is 0 Å². The van der Waals surface area contributed by atoms with Crippen LogP contribution in [0, 0.1) is 12.5 Å². The monoisotopic (exact) mass is 207 g/mol. The second-order valence-electron chi connectivity index (χ2n) is 0.700. The van der Waals surface area contributed by atoms with Crippen LogP contribution in [0.15, 0.2) is 4.99 Å². The zero-order valence-electron chi connectivity index (χ0n) is 4.06. The van der Waals surface area contributed by atoms with Crippen LogP contribution in [-0.4, -0.2) is 8.23 Å². The van der Waals surface area contributed by atoms with E-state index in [0.717, 1.165) is 0 Å². The summed E-state index contributed by atoms with van der Waals surface area (Å²) in [7, 11) is 0. The van der Waals surface area contributed by atoms with E-state index in [1.165, 1.54) is 0 Å². The Kier molecular flexibility index (Phi) is 5.69. The smallest absolute Gasteiger partial charge is 0.0701 e. The summed E-state index contributed by atoms with van der Waals surface area (Å²) in [6.45, 7) is 2.01. The fourth-order valence-corrected chi connectivity index (χ4v) is 0.756. The van der Waals surface area contributed by atoms with Gasteiger partial charge in [0.05, 0.1) is 4.22 Å². The van der Waals surface area contributed by atoms with Crippen molar-refractivity contribution < 1.29 is 0 Å². The van der Waals surface area contributed by atoms with Crippen LogP contribution in [0.4, 0.5) is 0 Å². The Balaban J connectivity index is 3.33. The van der Waals surface area contributed by atoms with Gasteiger partial charge in [0.25, 0.3) is 0 Å². The van der Waals surface area contributed by atoms with Gasteiger partial charge in [-0.1, -0.05) is 31.2 Å². The molecule has 7 heavy (non-hydrogen) atoms. The van der Waals surface area contributed by atoms with Crippen molar-refractivity contribution in [3.05, 3.63) is 0 Å². The molecule has 0 saturated heterocycles. The molecule has 0 heterocycles. The fraction of sp³-hybridized carbons (Fsp3) is 0.200. The van der Waals surface area contributed by atoms with Crippen LogP contribution in [-0.2, 0) is 0 Å². The van der Waals surface area contributed by atoms with Crippen molar-refractivity contribution in [2.75, 3.05) is 0 Å².